The number of carbonyl (C=O) groups excluding carboxylic acids is 2. The number of nitrogens with zero attached hydrogens (tertiary/aromatic N) is 2. The van der Waals surface area contributed by atoms with E-state index in [1.807, 2.05) is 0 Å². The number of carboxylic acids is 1. The number of amidine groups is 1. The summed E-state index contributed by atoms with van der Waals surface area (Å²) in [6.45, 7) is 1.17. The van der Waals surface area contributed by atoms with Gasteiger partial charge in [0.25, 0.3) is 5.91 Å². The first-order chi connectivity index (χ1) is 17.9. The van der Waals surface area contributed by atoms with E-state index in [0.29, 0.717) is 55.7 Å². The quantitative estimate of drug-likeness (QED) is 0.305. The molecule has 4 rings (SSSR count). The van der Waals surface area contributed by atoms with E-state index in [9.17, 15) is 22.8 Å². The maximum atomic E-state index is 13.5. The molecule has 2 aromatic rings. The van der Waals surface area contributed by atoms with Crippen LogP contribution in [0.5, 0.6) is 0 Å². The lowest BCUT2D eigenvalue weighted by molar-refractivity contribution is -0.119. The van der Waals surface area contributed by atoms with Gasteiger partial charge in [-0.05, 0) is 67.5 Å². The van der Waals surface area contributed by atoms with Crippen LogP contribution in [0.4, 0.5) is 5.69 Å². The number of rotatable bonds is 7. The largest absolute Gasteiger partial charge is 0.478 e. The predicted molar refractivity (Wildman–Crippen MR) is 142 cm³/mol. The molecule has 0 aromatic heterocycles. The van der Waals surface area contributed by atoms with Gasteiger partial charge in [0, 0.05) is 36.4 Å². The highest BCUT2D eigenvalue weighted by Gasteiger charge is 2.43. The molecule has 2 fully saturated rings. The Morgan fingerprint density at radius 3 is 2.03 bits per heavy atom. The summed E-state index contributed by atoms with van der Waals surface area (Å²) in [6, 6.07) is 11.4. The van der Waals surface area contributed by atoms with E-state index in [1.165, 1.54) is 34.8 Å². The van der Waals surface area contributed by atoms with E-state index in [2.05, 4.69) is 5.32 Å². The van der Waals surface area contributed by atoms with Gasteiger partial charge in [-0.2, -0.15) is 0 Å². The maximum Gasteiger partial charge on any atom is 0.335 e. The van der Waals surface area contributed by atoms with Gasteiger partial charge in [-0.3, -0.25) is 15.0 Å². The van der Waals surface area contributed by atoms with Crippen molar-refractivity contribution in [3.8, 4) is 0 Å². The van der Waals surface area contributed by atoms with Crippen molar-refractivity contribution < 1.29 is 27.9 Å². The Bertz CT molecular complexity index is 1340. The Kier molecular flexibility index (Phi) is 7.83. The molecule has 2 aliphatic rings. The van der Waals surface area contributed by atoms with Gasteiger partial charge < -0.3 is 21.1 Å². The third-order valence-corrected chi connectivity index (χ3v) is 8.68. The lowest BCUT2D eigenvalue weighted by Crippen LogP contribution is -2.43. The number of nitrogens with one attached hydrogen (secondary N) is 2. The summed E-state index contributed by atoms with van der Waals surface area (Å²) in [5, 5.41) is 19.5. The number of carbonyl (C=O) groups is 3. The van der Waals surface area contributed by atoms with Crippen LogP contribution in [0.15, 0.2) is 48.5 Å². The molecule has 0 radical (unpaired) electrons. The molecule has 2 atom stereocenters. The SMILES string of the molecule is CS(=O)(=O)N1CCC(C2C[C@@H](C(=O)Nc3ccc(C(=O)O)cc3)N(C(=O)c3ccc(C(=N)N)cc3)C2)CC1. The number of aromatic carboxylic acids is 1. The van der Waals surface area contributed by atoms with E-state index in [-0.39, 0.29) is 35.0 Å². The first kappa shape index (κ1) is 27.3. The molecule has 1 unspecified atom stereocenters. The number of hydrogen-bond acceptors (Lipinski definition) is 6. The summed E-state index contributed by atoms with van der Waals surface area (Å²) in [6.07, 6.45) is 2.93. The van der Waals surface area contributed by atoms with Crippen LogP contribution in [-0.2, 0) is 14.8 Å². The zero-order chi connectivity index (χ0) is 27.6. The summed E-state index contributed by atoms with van der Waals surface area (Å²) < 4.78 is 25.3. The van der Waals surface area contributed by atoms with Crippen molar-refractivity contribution in [2.45, 2.75) is 25.3 Å². The Labute approximate surface area is 221 Å². The molecule has 0 saturated carbocycles. The molecule has 0 spiro atoms. The minimum atomic E-state index is -3.27. The third-order valence-electron chi connectivity index (χ3n) is 7.37. The fraction of sp³-hybridized carbons (Fsp3) is 0.385. The van der Waals surface area contributed by atoms with Crippen LogP contribution in [0.25, 0.3) is 0 Å². The van der Waals surface area contributed by atoms with Crippen LogP contribution in [0, 0.1) is 17.2 Å². The van der Waals surface area contributed by atoms with Gasteiger partial charge in [0.05, 0.1) is 11.8 Å². The van der Waals surface area contributed by atoms with Crippen molar-refractivity contribution in [1.29, 1.82) is 5.41 Å². The number of anilines is 1. The lowest BCUT2D eigenvalue weighted by atomic mass is 9.83. The molecule has 2 heterocycles. The second kappa shape index (κ2) is 10.9. The average molecular weight is 542 g/mol. The van der Waals surface area contributed by atoms with E-state index in [4.69, 9.17) is 16.2 Å². The molecule has 11 nitrogen and oxygen atoms in total. The Morgan fingerprint density at radius 1 is 0.947 bits per heavy atom. The van der Waals surface area contributed by atoms with Gasteiger partial charge in [-0.15, -0.1) is 0 Å². The molecular formula is C26H31N5O6S. The van der Waals surface area contributed by atoms with E-state index in [1.54, 1.807) is 29.2 Å². The molecule has 38 heavy (non-hydrogen) atoms. The first-order valence-corrected chi connectivity index (χ1v) is 14.1. The Hall–Kier alpha value is -3.77. The zero-order valence-corrected chi connectivity index (χ0v) is 21.8. The number of hydrogen-bond donors (Lipinski definition) is 4. The highest BCUT2D eigenvalue weighted by molar-refractivity contribution is 7.88. The average Bonchev–Trinajstić information content (AvgIpc) is 3.34. The van der Waals surface area contributed by atoms with Crippen LogP contribution in [0.1, 0.15) is 45.5 Å². The molecule has 202 valence electrons. The number of carboxylic acid groups (broad SMARTS) is 1. The summed E-state index contributed by atoms with van der Waals surface area (Å²) >= 11 is 0. The lowest BCUT2D eigenvalue weighted by Gasteiger charge is -2.33. The summed E-state index contributed by atoms with van der Waals surface area (Å²) in [5.41, 5.74) is 6.88. The van der Waals surface area contributed by atoms with Gasteiger partial charge in [-0.1, -0.05) is 12.1 Å². The fourth-order valence-electron chi connectivity index (χ4n) is 5.24. The van der Waals surface area contributed by atoms with Crippen LogP contribution in [0.2, 0.25) is 0 Å². The number of nitrogen functional groups attached to an aromatic ring is 1. The molecule has 2 aromatic carbocycles. The molecule has 2 amide bonds. The first-order valence-electron chi connectivity index (χ1n) is 12.3. The van der Waals surface area contributed by atoms with Gasteiger partial charge in [-0.25, -0.2) is 17.5 Å². The number of benzene rings is 2. The number of nitrogens with two attached hydrogens (primary N) is 1. The maximum absolute atomic E-state index is 13.5. The number of sulfonamides is 1. The molecule has 0 aliphatic carbocycles. The molecule has 2 aliphatic heterocycles. The van der Waals surface area contributed by atoms with E-state index >= 15 is 0 Å². The second-order valence-electron chi connectivity index (χ2n) is 9.83. The monoisotopic (exact) mass is 541 g/mol. The second-order valence-corrected chi connectivity index (χ2v) is 11.8. The fourth-order valence-corrected chi connectivity index (χ4v) is 6.12. The standard InChI is InChI=1S/C26H31N5O6S/c1-38(36,37)30-12-10-16(11-13-30)20-14-22(24(32)29-21-8-6-19(7-9-21)26(34)35)31(15-20)25(33)18-4-2-17(3-5-18)23(27)28/h2-9,16,20,22H,10-15H2,1H3,(H3,27,28)(H,29,32)(H,34,35)/t20?,22-/m0/s1. The molecular weight excluding hydrogens is 510 g/mol. The molecule has 0 bridgehead atoms. The summed E-state index contributed by atoms with van der Waals surface area (Å²) in [4.78, 5) is 39.6. The van der Waals surface area contributed by atoms with Gasteiger partial charge in [0.2, 0.25) is 15.9 Å². The van der Waals surface area contributed by atoms with Crippen molar-refractivity contribution in [3.63, 3.8) is 0 Å². The van der Waals surface area contributed by atoms with E-state index in [0.717, 1.165) is 0 Å². The van der Waals surface area contributed by atoms with Gasteiger partial charge >= 0.3 is 5.97 Å². The van der Waals surface area contributed by atoms with Gasteiger partial charge in [0.1, 0.15) is 11.9 Å². The number of piperidine rings is 1. The molecule has 12 heteroatoms. The zero-order valence-electron chi connectivity index (χ0n) is 21.0. The smallest absolute Gasteiger partial charge is 0.335 e. The minimum absolute atomic E-state index is 0.0160. The molecule has 2 saturated heterocycles. The number of amides is 2. The van der Waals surface area contributed by atoms with Crippen molar-refractivity contribution in [1.82, 2.24) is 9.21 Å². The van der Waals surface area contributed by atoms with Crippen LogP contribution in [0.3, 0.4) is 0 Å². The van der Waals surface area contributed by atoms with Crippen molar-refractivity contribution in [2.24, 2.45) is 17.6 Å². The third kappa shape index (κ3) is 6.03. The van der Waals surface area contributed by atoms with Crippen LogP contribution in [-0.4, -0.2) is 78.3 Å². The van der Waals surface area contributed by atoms with Crippen molar-refractivity contribution in [2.75, 3.05) is 31.2 Å². The van der Waals surface area contributed by atoms with Crippen molar-refractivity contribution in [3.05, 3.63) is 65.2 Å². The highest BCUT2D eigenvalue weighted by Crippen LogP contribution is 2.36. The minimum Gasteiger partial charge on any atom is -0.478 e. The Morgan fingerprint density at radius 2 is 1.50 bits per heavy atom. The van der Waals surface area contributed by atoms with Crippen LogP contribution < -0.4 is 11.1 Å². The van der Waals surface area contributed by atoms with Crippen LogP contribution >= 0.6 is 0 Å². The van der Waals surface area contributed by atoms with Gasteiger partial charge in [0.15, 0.2) is 0 Å². The highest BCUT2D eigenvalue weighted by atomic mass is 32.2. The Balaban J connectivity index is 1.54. The topological polar surface area (TPSA) is 174 Å². The molecule has 5 N–H and O–H groups in total. The summed E-state index contributed by atoms with van der Waals surface area (Å²) in [7, 11) is -3.27. The van der Waals surface area contributed by atoms with Crippen molar-refractivity contribution >= 4 is 39.3 Å². The normalized spacial score (nSPS) is 20.7. The summed E-state index contributed by atoms with van der Waals surface area (Å²) in [5.74, 6) is -1.71. The predicted octanol–water partition coefficient (Wildman–Crippen LogP) is 1.81. The number of likely N-dealkylation sites (tertiary alicyclic amines) is 1. The van der Waals surface area contributed by atoms with E-state index < -0.39 is 22.0 Å².